The van der Waals surface area contributed by atoms with Crippen molar-refractivity contribution in [3.63, 3.8) is 0 Å². The van der Waals surface area contributed by atoms with E-state index in [9.17, 15) is 0 Å². The largest absolute Gasteiger partial charge is 0.456 e. The zero-order chi connectivity index (χ0) is 46.3. The second-order valence-electron chi connectivity index (χ2n) is 18.5. The Morgan fingerprint density at radius 1 is 0.386 bits per heavy atom. The fraction of sp³-hybridized carbons (Fsp3) is 0.0462. The summed E-state index contributed by atoms with van der Waals surface area (Å²) >= 11 is 0. The van der Waals surface area contributed by atoms with Crippen molar-refractivity contribution < 1.29 is 4.42 Å². The Kier molecular flexibility index (Phi) is 9.18. The van der Waals surface area contributed by atoms with E-state index in [2.05, 4.69) is 222 Å². The standard InChI is InChI=1S/C65H44N4O/c1-41-61(68-57-22-10-5-17-49(57)50-18-6-11-23-58(50)68)38-48(39-62(41)69-59-24-12-7-19-51(59)52-20-8-13-25-60(52)69)43-29-33-45(34-30-43)56-40-55(66-65(67-56)46-15-3-2-4-16-46)44-31-27-42(28-32-44)47-35-36-64-54(37-47)53-21-9-14-26-63(53)70-64/h2-41,61H,1H3. The number of rotatable bonds is 7. The summed E-state index contributed by atoms with van der Waals surface area (Å²) in [5, 5.41) is 7.31. The van der Waals surface area contributed by atoms with E-state index in [1.807, 2.05) is 30.3 Å². The van der Waals surface area contributed by atoms with Crippen LogP contribution in [0.1, 0.15) is 18.5 Å². The lowest BCUT2D eigenvalue weighted by Gasteiger charge is -2.32. The van der Waals surface area contributed by atoms with Gasteiger partial charge in [0.05, 0.1) is 28.5 Å². The van der Waals surface area contributed by atoms with Gasteiger partial charge in [-0.05, 0) is 76.9 Å². The van der Waals surface area contributed by atoms with Crippen LogP contribution in [0.3, 0.4) is 0 Å². The molecule has 0 amide bonds. The zero-order valence-corrected chi connectivity index (χ0v) is 38.4. The van der Waals surface area contributed by atoms with Crippen LogP contribution in [0.15, 0.2) is 241 Å². The molecule has 5 heteroatoms. The monoisotopic (exact) mass is 896 g/mol. The normalized spacial score (nSPS) is 15.1. The molecule has 0 bridgehead atoms. The molecule has 4 aromatic heterocycles. The van der Waals surface area contributed by atoms with Crippen LogP contribution in [-0.2, 0) is 0 Å². The van der Waals surface area contributed by atoms with E-state index < -0.39 is 0 Å². The lowest BCUT2D eigenvalue weighted by atomic mass is 9.86. The van der Waals surface area contributed by atoms with Crippen LogP contribution < -0.4 is 0 Å². The molecule has 4 heterocycles. The summed E-state index contributed by atoms with van der Waals surface area (Å²) in [5.74, 6) is 0.821. The number of hydrogen-bond acceptors (Lipinski definition) is 3. The maximum atomic E-state index is 6.12. The Morgan fingerprint density at radius 2 is 0.857 bits per heavy atom. The predicted molar refractivity (Wildman–Crippen MR) is 290 cm³/mol. The minimum absolute atomic E-state index is 0.0251. The molecule has 9 aromatic carbocycles. The maximum Gasteiger partial charge on any atom is 0.160 e. The molecule has 70 heavy (non-hydrogen) atoms. The first-order chi connectivity index (χ1) is 34.6. The number of para-hydroxylation sites is 5. The van der Waals surface area contributed by atoms with Gasteiger partial charge in [0.15, 0.2) is 5.82 Å². The van der Waals surface area contributed by atoms with Crippen LogP contribution >= 0.6 is 0 Å². The van der Waals surface area contributed by atoms with Crippen LogP contribution in [0.2, 0.25) is 0 Å². The van der Waals surface area contributed by atoms with Crippen molar-refractivity contribution >= 4 is 76.8 Å². The second kappa shape index (κ2) is 16.0. The number of fused-ring (bicyclic) bond motifs is 9. The molecule has 5 nitrogen and oxygen atoms in total. The lowest BCUT2D eigenvalue weighted by Crippen LogP contribution is -2.22. The zero-order valence-electron chi connectivity index (χ0n) is 38.4. The molecule has 330 valence electrons. The molecule has 0 fully saturated rings. The summed E-state index contributed by atoms with van der Waals surface area (Å²) in [4.78, 5) is 10.4. The van der Waals surface area contributed by atoms with Crippen LogP contribution in [0.5, 0.6) is 0 Å². The predicted octanol–water partition coefficient (Wildman–Crippen LogP) is 17.1. The SMILES string of the molecule is CC1C(n2c3ccccc3c3ccccc32)=CC(c2ccc(-c3cc(-c4ccc(-c5ccc6oc7ccccc7c6c5)cc4)nc(-c4ccccc4)n3)cc2)=CC1n1c2ccccc2c2ccccc21. The fourth-order valence-corrected chi connectivity index (χ4v) is 11.1. The quantitative estimate of drug-likeness (QED) is 0.160. The highest BCUT2D eigenvalue weighted by Gasteiger charge is 2.31. The molecule has 0 spiro atoms. The summed E-state index contributed by atoms with van der Waals surface area (Å²) in [7, 11) is 0. The Balaban J connectivity index is 0.879. The first-order valence-corrected chi connectivity index (χ1v) is 24.1. The highest BCUT2D eigenvalue weighted by molar-refractivity contribution is 6.11. The number of benzene rings is 9. The lowest BCUT2D eigenvalue weighted by molar-refractivity contribution is 0.512. The maximum absolute atomic E-state index is 6.12. The fourth-order valence-electron chi connectivity index (χ4n) is 11.1. The van der Waals surface area contributed by atoms with Crippen molar-refractivity contribution in [2.24, 2.45) is 5.92 Å². The van der Waals surface area contributed by atoms with Gasteiger partial charge >= 0.3 is 0 Å². The topological polar surface area (TPSA) is 48.8 Å². The van der Waals surface area contributed by atoms with Crippen molar-refractivity contribution in [3.8, 4) is 45.0 Å². The smallest absolute Gasteiger partial charge is 0.160 e. The molecule has 2 unspecified atom stereocenters. The first-order valence-electron chi connectivity index (χ1n) is 24.1. The number of aromatic nitrogens is 4. The molecule has 1 aliphatic rings. The van der Waals surface area contributed by atoms with E-state index in [4.69, 9.17) is 14.4 Å². The van der Waals surface area contributed by atoms with E-state index in [1.54, 1.807) is 0 Å². The number of furan rings is 1. The minimum atomic E-state index is 0.0251. The molecular weight excluding hydrogens is 853 g/mol. The molecule has 1 aliphatic carbocycles. The Hall–Kier alpha value is -9.06. The van der Waals surface area contributed by atoms with Crippen molar-refractivity contribution in [3.05, 3.63) is 242 Å². The highest BCUT2D eigenvalue weighted by atomic mass is 16.3. The van der Waals surface area contributed by atoms with Crippen LogP contribution in [0.25, 0.3) is 122 Å². The van der Waals surface area contributed by atoms with Crippen molar-refractivity contribution in [1.29, 1.82) is 0 Å². The molecule has 0 N–H and O–H groups in total. The van der Waals surface area contributed by atoms with Gasteiger partial charge in [-0.3, -0.25) is 0 Å². The average molecular weight is 897 g/mol. The molecule has 0 saturated heterocycles. The van der Waals surface area contributed by atoms with E-state index in [0.717, 1.165) is 66.7 Å². The molecule has 0 radical (unpaired) electrons. The van der Waals surface area contributed by atoms with Gasteiger partial charge < -0.3 is 13.6 Å². The van der Waals surface area contributed by atoms with Crippen LogP contribution in [0, 0.1) is 5.92 Å². The first kappa shape index (κ1) is 40.0. The van der Waals surface area contributed by atoms with Gasteiger partial charge in [-0.15, -0.1) is 0 Å². The van der Waals surface area contributed by atoms with E-state index in [1.165, 1.54) is 54.9 Å². The van der Waals surface area contributed by atoms with Gasteiger partial charge in [0.1, 0.15) is 11.2 Å². The van der Waals surface area contributed by atoms with E-state index in [0.29, 0.717) is 5.82 Å². The average Bonchev–Trinajstić information content (AvgIpc) is 4.09. The summed E-state index contributed by atoms with van der Waals surface area (Å²) in [5.41, 5.74) is 17.3. The summed E-state index contributed by atoms with van der Waals surface area (Å²) in [6, 6.07) is 80.1. The third kappa shape index (κ3) is 6.47. The van der Waals surface area contributed by atoms with Crippen molar-refractivity contribution in [1.82, 2.24) is 19.1 Å². The number of hydrogen-bond donors (Lipinski definition) is 0. The summed E-state index contributed by atoms with van der Waals surface area (Å²) < 4.78 is 11.2. The van der Waals surface area contributed by atoms with E-state index in [-0.39, 0.29) is 12.0 Å². The number of nitrogens with zero attached hydrogens (tertiary/aromatic N) is 4. The summed E-state index contributed by atoms with van der Waals surface area (Å²) in [6.07, 6.45) is 4.92. The van der Waals surface area contributed by atoms with Gasteiger partial charge in [0.25, 0.3) is 0 Å². The molecular formula is C65H44N4O. The minimum Gasteiger partial charge on any atom is -0.456 e. The Bertz CT molecular complexity index is 4140. The van der Waals surface area contributed by atoms with Crippen molar-refractivity contribution in [2.45, 2.75) is 13.0 Å². The van der Waals surface area contributed by atoms with Gasteiger partial charge in [-0.25, -0.2) is 9.97 Å². The highest BCUT2D eigenvalue weighted by Crippen LogP contribution is 2.46. The third-order valence-corrected chi connectivity index (χ3v) is 14.5. The van der Waals surface area contributed by atoms with Crippen LogP contribution in [0.4, 0.5) is 0 Å². The second-order valence-corrected chi connectivity index (χ2v) is 18.5. The molecule has 0 saturated carbocycles. The van der Waals surface area contributed by atoms with Gasteiger partial charge in [-0.2, -0.15) is 0 Å². The van der Waals surface area contributed by atoms with Crippen molar-refractivity contribution in [2.75, 3.05) is 0 Å². The summed E-state index contributed by atoms with van der Waals surface area (Å²) in [6.45, 7) is 2.39. The van der Waals surface area contributed by atoms with Gasteiger partial charge in [0.2, 0.25) is 0 Å². The molecule has 0 aliphatic heterocycles. The Labute approximate surface area is 404 Å². The molecule has 2 atom stereocenters. The number of allylic oxidation sites excluding steroid dienone is 4. The molecule has 13 aromatic rings. The third-order valence-electron chi connectivity index (χ3n) is 14.5. The van der Waals surface area contributed by atoms with Gasteiger partial charge in [-0.1, -0.05) is 189 Å². The van der Waals surface area contributed by atoms with Gasteiger partial charge in [0, 0.05) is 71.7 Å². The van der Waals surface area contributed by atoms with E-state index >= 15 is 0 Å². The Morgan fingerprint density at radius 3 is 1.47 bits per heavy atom. The molecule has 14 rings (SSSR count). The van der Waals surface area contributed by atoms with Crippen LogP contribution in [-0.4, -0.2) is 19.1 Å².